The van der Waals surface area contributed by atoms with E-state index < -0.39 is 0 Å². The summed E-state index contributed by atoms with van der Waals surface area (Å²) in [7, 11) is 1.56. The second-order valence-corrected chi connectivity index (χ2v) is 5.09. The Hall–Kier alpha value is -2.20. The molecule has 3 rings (SSSR count). The molecule has 3 aromatic rings. The molecule has 0 aliphatic heterocycles. The monoisotopic (exact) mass is 269 g/mol. The molecule has 1 heterocycles. The third-order valence-electron chi connectivity index (χ3n) is 2.90. The maximum Gasteiger partial charge on any atom is 0.153 e. The van der Waals surface area contributed by atoms with Crippen molar-refractivity contribution in [2.45, 2.75) is 0 Å². The van der Waals surface area contributed by atoms with E-state index in [9.17, 15) is 4.79 Å². The number of hydrogen-bond acceptors (Lipinski definition) is 4. The average molecular weight is 269 g/mol. The van der Waals surface area contributed by atoms with Crippen LogP contribution in [0.2, 0.25) is 0 Å². The molecule has 0 bridgehead atoms. The van der Waals surface area contributed by atoms with Crippen LogP contribution in [0.3, 0.4) is 0 Å². The van der Waals surface area contributed by atoms with Crippen molar-refractivity contribution < 1.29 is 9.53 Å². The van der Waals surface area contributed by atoms with Crippen LogP contribution in [0, 0.1) is 0 Å². The molecule has 0 spiro atoms. The first-order valence-corrected chi connectivity index (χ1v) is 6.62. The average Bonchev–Trinajstić information content (AvgIpc) is 2.90. The number of ether oxygens (including phenoxy) is 1. The molecule has 0 aliphatic carbocycles. The highest BCUT2D eigenvalue weighted by atomic mass is 32.1. The van der Waals surface area contributed by atoms with Gasteiger partial charge in [0.1, 0.15) is 10.8 Å². The topological polar surface area (TPSA) is 39.2 Å². The molecule has 0 saturated heterocycles. The molecule has 94 valence electrons. The normalized spacial score (nSPS) is 10.6. The van der Waals surface area contributed by atoms with Crippen molar-refractivity contribution in [1.82, 2.24) is 4.98 Å². The van der Waals surface area contributed by atoms with E-state index in [2.05, 4.69) is 4.98 Å². The van der Waals surface area contributed by atoms with Gasteiger partial charge in [0.05, 0.1) is 22.9 Å². The zero-order chi connectivity index (χ0) is 13.2. The van der Waals surface area contributed by atoms with Crippen molar-refractivity contribution in [3.05, 3.63) is 48.0 Å². The Kier molecular flexibility index (Phi) is 3.01. The van der Waals surface area contributed by atoms with Crippen LogP contribution in [0.5, 0.6) is 5.75 Å². The smallest absolute Gasteiger partial charge is 0.153 e. The standard InChI is InChI=1S/C15H11NO2S/c1-18-13-7-6-10(8-11(13)9-17)15-16-12-4-2-3-5-14(12)19-15/h2-9H,1H3. The van der Waals surface area contributed by atoms with Gasteiger partial charge in [0, 0.05) is 5.56 Å². The minimum absolute atomic E-state index is 0.541. The number of nitrogens with zero attached hydrogens (tertiary/aromatic N) is 1. The van der Waals surface area contributed by atoms with Gasteiger partial charge < -0.3 is 4.74 Å². The highest BCUT2D eigenvalue weighted by molar-refractivity contribution is 7.21. The quantitative estimate of drug-likeness (QED) is 0.679. The number of fused-ring (bicyclic) bond motifs is 1. The molecule has 4 heteroatoms. The minimum Gasteiger partial charge on any atom is -0.496 e. The largest absolute Gasteiger partial charge is 0.496 e. The predicted octanol–water partition coefficient (Wildman–Crippen LogP) is 3.78. The van der Waals surface area contributed by atoms with Gasteiger partial charge in [-0.15, -0.1) is 11.3 Å². The number of hydrogen-bond donors (Lipinski definition) is 0. The van der Waals surface area contributed by atoms with Crippen LogP contribution in [-0.4, -0.2) is 18.4 Å². The molecule has 0 aliphatic rings. The van der Waals surface area contributed by atoms with Gasteiger partial charge in [-0.2, -0.15) is 0 Å². The van der Waals surface area contributed by atoms with Gasteiger partial charge in [0.2, 0.25) is 0 Å². The SMILES string of the molecule is COc1ccc(-c2nc3ccccc3s2)cc1C=O. The number of aromatic nitrogens is 1. The lowest BCUT2D eigenvalue weighted by atomic mass is 10.1. The summed E-state index contributed by atoms with van der Waals surface area (Å²) < 4.78 is 6.28. The molecule has 0 unspecified atom stereocenters. The summed E-state index contributed by atoms with van der Waals surface area (Å²) in [5, 5.41) is 0.909. The van der Waals surface area contributed by atoms with Gasteiger partial charge in [-0.3, -0.25) is 4.79 Å². The third-order valence-corrected chi connectivity index (χ3v) is 3.98. The second-order valence-electron chi connectivity index (χ2n) is 4.06. The van der Waals surface area contributed by atoms with E-state index in [1.807, 2.05) is 36.4 Å². The number of aldehydes is 1. The van der Waals surface area contributed by atoms with E-state index in [1.165, 1.54) is 0 Å². The fourth-order valence-corrected chi connectivity index (χ4v) is 2.92. The summed E-state index contributed by atoms with van der Waals surface area (Å²) >= 11 is 1.62. The Balaban J connectivity index is 2.13. The van der Waals surface area contributed by atoms with Crippen molar-refractivity contribution in [2.24, 2.45) is 0 Å². The first-order valence-electron chi connectivity index (χ1n) is 5.81. The van der Waals surface area contributed by atoms with Crippen LogP contribution in [0.4, 0.5) is 0 Å². The molecule has 0 N–H and O–H groups in total. The van der Waals surface area contributed by atoms with Gasteiger partial charge in [-0.25, -0.2) is 4.98 Å². The maximum atomic E-state index is 11.0. The molecule has 1 aromatic heterocycles. The number of carbonyl (C=O) groups is 1. The summed E-state index contributed by atoms with van der Waals surface area (Å²) in [5.74, 6) is 0.583. The van der Waals surface area contributed by atoms with Gasteiger partial charge in [0.15, 0.2) is 6.29 Å². The van der Waals surface area contributed by atoms with Crippen LogP contribution in [0.15, 0.2) is 42.5 Å². The molecule has 0 radical (unpaired) electrons. The molecule has 0 fully saturated rings. The Morgan fingerprint density at radius 1 is 1.21 bits per heavy atom. The van der Waals surface area contributed by atoms with Crippen LogP contribution < -0.4 is 4.74 Å². The lowest BCUT2D eigenvalue weighted by Gasteiger charge is -2.04. The molecule has 0 saturated carbocycles. The second kappa shape index (κ2) is 4.82. The third kappa shape index (κ3) is 2.11. The van der Waals surface area contributed by atoms with Crippen LogP contribution in [0.25, 0.3) is 20.8 Å². The van der Waals surface area contributed by atoms with Crippen molar-refractivity contribution in [3.63, 3.8) is 0 Å². The molecular weight excluding hydrogens is 258 g/mol. The summed E-state index contributed by atoms with van der Waals surface area (Å²) in [6.07, 6.45) is 0.801. The van der Waals surface area contributed by atoms with Gasteiger partial charge in [-0.05, 0) is 30.3 Å². The van der Waals surface area contributed by atoms with E-state index in [-0.39, 0.29) is 0 Å². The van der Waals surface area contributed by atoms with Crippen molar-refractivity contribution in [1.29, 1.82) is 0 Å². The Morgan fingerprint density at radius 2 is 2.05 bits per heavy atom. The Labute approximate surface area is 114 Å². The van der Waals surface area contributed by atoms with E-state index in [0.29, 0.717) is 11.3 Å². The van der Waals surface area contributed by atoms with Crippen LogP contribution in [-0.2, 0) is 0 Å². The number of benzene rings is 2. The zero-order valence-electron chi connectivity index (χ0n) is 10.3. The molecule has 0 atom stereocenters. The summed E-state index contributed by atoms with van der Waals surface area (Å²) in [4.78, 5) is 15.6. The highest BCUT2D eigenvalue weighted by Crippen LogP contribution is 2.32. The van der Waals surface area contributed by atoms with Gasteiger partial charge in [-0.1, -0.05) is 12.1 Å². The summed E-state index contributed by atoms with van der Waals surface area (Å²) in [6, 6.07) is 13.5. The van der Waals surface area contributed by atoms with E-state index in [1.54, 1.807) is 24.5 Å². The number of methoxy groups -OCH3 is 1. The molecule has 19 heavy (non-hydrogen) atoms. The maximum absolute atomic E-state index is 11.0. The minimum atomic E-state index is 0.541. The predicted molar refractivity (Wildman–Crippen MR) is 77.0 cm³/mol. The molecule has 3 nitrogen and oxygen atoms in total. The molecule has 0 amide bonds. The van der Waals surface area contributed by atoms with Crippen molar-refractivity contribution in [3.8, 4) is 16.3 Å². The van der Waals surface area contributed by atoms with Gasteiger partial charge in [0.25, 0.3) is 0 Å². The van der Waals surface area contributed by atoms with E-state index in [4.69, 9.17) is 4.74 Å². The number of thiazole rings is 1. The van der Waals surface area contributed by atoms with E-state index in [0.717, 1.165) is 27.1 Å². The van der Waals surface area contributed by atoms with Crippen LogP contribution >= 0.6 is 11.3 Å². The Morgan fingerprint density at radius 3 is 2.79 bits per heavy atom. The number of para-hydroxylation sites is 1. The Bertz CT molecular complexity index is 716. The molecule has 2 aromatic carbocycles. The summed E-state index contributed by atoms with van der Waals surface area (Å²) in [6.45, 7) is 0. The fraction of sp³-hybridized carbons (Fsp3) is 0.0667. The lowest BCUT2D eigenvalue weighted by molar-refractivity contribution is 0.112. The summed E-state index contributed by atoms with van der Waals surface area (Å²) in [5.41, 5.74) is 2.45. The fourth-order valence-electron chi connectivity index (χ4n) is 1.96. The number of carbonyl (C=O) groups excluding carboxylic acids is 1. The first kappa shape index (κ1) is 11.9. The van der Waals surface area contributed by atoms with Crippen LogP contribution in [0.1, 0.15) is 10.4 Å². The highest BCUT2D eigenvalue weighted by Gasteiger charge is 2.09. The lowest BCUT2D eigenvalue weighted by Crippen LogP contribution is -1.90. The van der Waals surface area contributed by atoms with Crippen molar-refractivity contribution in [2.75, 3.05) is 7.11 Å². The first-order chi connectivity index (χ1) is 9.31. The van der Waals surface area contributed by atoms with E-state index >= 15 is 0 Å². The van der Waals surface area contributed by atoms with Gasteiger partial charge >= 0.3 is 0 Å². The number of rotatable bonds is 3. The van der Waals surface area contributed by atoms with Crippen molar-refractivity contribution >= 4 is 27.8 Å². The zero-order valence-corrected chi connectivity index (χ0v) is 11.1. The molecular formula is C15H11NO2S.